The van der Waals surface area contributed by atoms with Crippen LogP contribution >= 0.6 is 27.3 Å². The van der Waals surface area contributed by atoms with Crippen LogP contribution in [0.5, 0.6) is 0 Å². The van der Waals surface area contributed by atoms with E-state index in [9.17, 15) is 9.18 Å². The fourth-order valence-corrected chi connectivity index (χ4v) is 2.92. The highest BCUT2D eigenvalue weighted by molar-refractivity contribution is 9.11. The third kappa shape index (κ3) is 3.42. The Bertz CT molecular complexity index is 611. The third-order valence-electron chi connectivity index (χ3n) is 2.81. The van der Waals surface area contributed by atoms with Gasteiger partial charge in [0.05, 0.1) is 3.79 Å². The number of benzene rings is 1. The second-order valence-corrected chi connectivity index (χ2v) is 6.67. The average Bonchev–Trinajstić information content (AvgIpc) is 2.77. The fourth-order valence-electron chi connectivity index (χ4n) is 1.72. The summed E-state index contributed by atoms with van der Waals surface area (Å²) in [5.41, 5.74) is 1.97. The van der Waals surface area contributed by atoms with Crippen LogP contribution in [-0.2, 0) is 6.54 Å². The number of rotatable bonds is 3. The van der Waals surface area contributed by atoms with Gasteiger partial charge in [-0.15, -0.1) is 11.3 Å². The van der Waals surface area contributed by atoms with E-state index >= 15 is 0 Å². The van der Waals surface area contributed by atoms with Crippen LogP contribution < -0.4 is 0 Å². The van der Waals surface area contributed by atoms with Crippen LogP contribution in [0.25, 0.3) is 0 Å². The maximum absolute atomic E-state index is 13.5. The Balaban J connectivity index is 2.12. The lowest BCUT2D eigenvalue weighted by molar-refractivity contribution is 0.0784. The standard InChI is InChI=1S/C14H13BrFNOS/c1-9-3-4-11(6-12(9)16)14(18)17(2)7-10-5-13(15)19-8-10/h3-6,8H,7H2,1-2H3. The lowest BCUT2D eigenvalue weighted by atomic mass is 10.1. The molecule has 0 unspecified atom stereocenters. The van der Waals surface area contributed by atoms with Crippen molar-refractivity contribution in [3.63, 3.8) is 0 Å². The molecule has 0 spiro atoms. The minimum Gasteiger partial charge on any atom is -0.337 e. The molecule has 1 heterocycles. The van der Waals surface area contributed by atoms with E-state index < -0.39 is 0 Å². The molecule has 2 aromatic rings. The summed E-state index contributed by atoms with van der Waals surface area (Å²) in [5, 5.41) is 1.99. The van der Waals surface area contributed by atoms with Gasteiger partial charge in [0.25, 0.3) is 5.91 Å². The molecule has 2 nitrogen and oxygen atoms in total. The Kier molecular flexibility index (Phi) is 4.37. The molecule has 0 radical (unpaired) electrons. The number of carbonyl (C=O) groups excluding carboxylic acids is 1. The molecule has 0 fully saturated rings. The normalized spacial score (nSPS) is 10.5. The minimum absolute atomic E-state index is 0.179. The number of carbonyl (C=O) groups is 1. The molecule has 1 aromatic heterocycles. The van der Waals surface area contributed by atoms with E-state index in [1.165, 1.54) is 6.07 Å². The lowest BCUT2D eigenvalue weighted by Gasteiger charge is -2.16. The third-order valence-corrected chi connectivity index (χ3v) is 4.36. The molecule has 0 aliphatic heterocycles. The van der Waals surface area contributed by atoms with Gasteiger partial charge in [0.2, 0.25) is 0 Å². The number of halogens is 2. The van der Waals surface area contributed by atoms with Gasteiger partial charge < -0.3 is 4.90 Å². The van der Waals surface area contributed by atoms with Gasteiger partial charge in [0.1, 0.15) is 5.82 Å². The van der Waals surface area contributed by atoms with Crippen LogP contribution in [0.4, 0.5) is 4.39 Å². The summed E-state index contributed by atoms with van der Waals surface area (Å²) in [6.45, 7) is 2.19. The van der Waals surface area contributed by atoms with E-state index in [1.807, 2.05) is 11.4 Å². The number of amides is 1. The van der Waals surface area contributed by atoms with E-state index in [2.05, 4.69) is 15.9 Å². The lowest BCUT2D eigenvalue weighted by Crippen LogP contribution is -2.26. The summed E-state index contributed by atoms with van der Waals surface area (Å²) in [5.74, 6) is -0.529. The van der Waals surface area contributed by atoms with Crippen molar-refractivity contribution in [2.24, 2.45) is 0 Å². The molecular weight excluding hydrogens is 329 g/mol. The molecule has 0 N–H and O–H groups in total. The van der Waals surface area contributed by atoms with Crippen molar-refractivity contribution in [3.8, 4) is 0 Å². The molecule has 19 heavy (non-hydrogen) atoms. The Morgan fingerprint density at radius 2 is 2.16 bits per heavy atom. The van der Waals surface area contributed by atoms with Gasteiger partial charge in [-0.25, -0.2) is 4.39 Å². The van der Waals surface area contributed by atoms with Crippen molar-refractivity contribution in [2.45, 2.75) is 13.5 Å². The quantitative estimate of drug-likeness (QED) is 0.817. The summed E-state index contributed by atoms with van der Waals surface area (Å²) < 4.78 is 14.5. The van der Waals surface area contributed by atoms with Crippen LogP contribution in [0.3, 0.4) is 0 Å². The van der Waals surface area contributed by atoms with Gasteiger partial charge in [0, 0.05) is 19.2 Å². The maximum atomic E-state index is 13.5. The van der Waals surface area contributed by atoms with Gasteiger partial charge >= 0.3 is 0 Å². The number of hydrogen-bond acceptors (Lipinski definition) is 2. The molecule has 0 bridgehead atoms. The Morgan fingerprint density at radius 1 is 1.42 bits per heavy atom. The van der Waals surface area contributed by atoms with Crippen molar-refractivity contribution < 1.29 is 9.18 Å². The first-order valence-electron chi connectivity index (χ1n) is 5.72. The Labute approximate surface area is 124 Å². The second-order valence-electron chi connectivity index (χ2n) is 4.38. The SMILES string of the molecule is Cc1ccc(C(=O)N(C)Cc2csc(Br)c2)cc1F. The summed E-state index contributed by atoms with van der Waals surface area (Å²) >= 11 is 4.96. The molecule has 5 heteroatoms. The molecule has 2 rings (SSSR count). The minimum atomic E-state index is -0.350. The van der Waals surface area contributed by atoms with Gasteiger partial charge in [0.15, 0.2) is 0 Å². The molecule has 0 saturated carbocycles. The topological polar surface area (TPSA) is 20.3 Å². The maximum Gasteiger partial charge on any atom is 0.253 e. The fraction of sp³-hybridized carbons (Fsp3) is 0.214. The van der Waals surface area contributed by atoms with Crippen LogP contribution in [0.15, 0.2) is 33.4 Å². The van der Waals surface area contributed by atoms with Crippen molar-refractivity contribution in [1.29, 1.82) is 0 Å². The van der Waals surface area contributed by atoms with Gasteiger partial charge in [-0.05, 0) is 57.6 Å². The molecule has 0 aliphatic rings. The smallest absolute Gasteiger partial charge is 0.253 e. The van der Waals surface area contributed by atoms with Crippen molar-refractivity contribution in [2.75, 3.05) is 7.05 Å². The molecule has 0 aliphatic carbocycles. The molecule has 100 valence electrons. The van der Waals surface area contributed by atoms with Crippen LogP contribution in [0.1, 0.15) is 21.5 Å². The Morgan fingerprint density at radius 3 is 2.74 bits per heavy atom. The van der Waals surface area contributed by atoms with E-state index in [1.54, 1.807) is 42.3 Å². The van der Waals surface area contributed by atoms with Gasteiger partial charge in [-0.3, -0.25) is 4.79 Å². The highest BCUT2D eigenvalue weighted by atomic mass is 79.9. The molecule has 1 amide bonds. The van der Waals surface area contributed by atoms with E-state index in [4.69, 9.17) is 0 Å². The van der Waals surface area contributed by atoms with E-state index in [-0.39, 0.29) is 11.7 Å². The summed E-state index contributed by atoms with van der Waals surface area (Å²) in [7, 11) is 1.71. The second kappa shape index (κ2) is 5.84. The number of hydrogen-bond donors (Lipinski definition) is 0. The van der Waals surface area contributed by atoms with Crippen molar-refractivity contribution in [3.05, 3.63) is 55.9 Å². The highest BCUT2D eigenvalue weighted by Gasteiger charge is 2.14. The zero-order valence-corrected chi connectivity index (χ0v) is 13.0. The number of thiophene rings is 1. The first kappa shape index (κ1) is 14.2. The zero-order valence-electron chi connectivity index (χ0n) is 10.6. The first-order valence-corrected chi connectivity index (χ1v) is 7.39. The monoisotopic (exact) mass is 341 g/mol. The molecule has 0 atom stereocenters. The zero-order chi connectivity index (χ0) is 14.0. The van der Waals surface area contributed by atoms with Crippen LogP contribution in [0, 0.1) is 12.7 Å². The predicted molar refractivity (Wildman–Crippen MR) is 79.0 cm³/mol. The Hall–Kier alpha value is -1.20. The van der Waals surface area contributed by atoms with E-state index in [0.717, 1.165) is 9.35 Å². The van der Waals surface area contributed by atoms with Crippen LogP contribution in [-0.4, -0.2) is 17.9 Å². The van der Waals surface area contributed by atoms with Crippen molar-refractivity contribution >= 4 is 33.2 Å². The average molecular weight is 342 g/mol. The summed E-state index contributed by atoms with van der Waals surface area (Å²) in [6, 6.07) is 6.54. The predicted octanol–water partition coefficient (Wildman–Crippen LogP) is 4.23. The molecular formula is C14H13BrFNOS. The number of nitrogens with zero attached hydrogens (tertiary/aromatic N) is 1. The summed E-state index contributed by atoms with van der Waals surface area (Å²) in [4.78, 5) is 13.8. The molecule has 0 saturated heterocycles. The van der Waals surface area contributed by atoms with Gasteiger partial charge in [-0.1, -0.05) is 6.07 Å². The van der Waals surface area contributed by atoms with Crippen LogP contribution in [0.2, 0.25) is 0 Å². The van der Waals surface area contributed by atoms with Crippen molar-refractivity contribution in [1.82, 2.24) is 4.90 Å². The highest BCUT2D eigenvalue weighted by Crippen LogP contribution is 2.22. The molecule has 1 aromatic carbocycles. The largest absolute Gasteiger partial charge is 0.337 e. The van der Waals surface area contributed by atoms with E-state index in [0.29, 0.717) is 17.7 Å². The summed E-state index contributed by atoms with van der Waals surface area (Å²) in [6.07, 6.45) is 0. The van der Waals surface area contributed by atoms with Gasteiger partial charge in [-0.2, -0.15) is 0 Å². The number of aryl methyl sites for hydroxylation is 1. The first-order chi connectivity index (χ1) is 8.97.